The van der Waals surface area contributed by atoms with E-state index in [1.165, 1.54) is 0 Å². The van der Waals surface area contributed by atoms with E-state index in [1.807, 2.05) is 11.8 Å². The third kappa shape index (κ3) is 4.08. The van der Waals surface area contributed by atoms with Crippen molar-refractivity contribution in [3.63, 3.8) is 0 Å². The lowest BCUT2D eigenvalue weighted by Crippen LogP contribution is -2.53. The van der Waals surface area contributed by atoms with Gasteiger partial charge >= 0.3 is 6.18 Å². The summed E-state index contributed by atoms with van der Waals surface area (Å²) in [5.74, 6) is -1.17. The maximum Gasteiger partial charge on any atom is 0.391 e. The summed E-state index contributed by atoms with van der Waals surface area (Å²) in [6.45, 7) is 3.19. The molecule has 0 amide bonds. The molecule has 0 aromatic rings. The molecule has 19 heavy (non-hydrogen) atoms. The number of rotatable bonds is 4. The number of halogens is 3. The Balaban J connectivity index is 1.82. The Morgan fingerprint density at radius 1 is 1.21 bits per heavy atom. The van der Waals surface area contributed by atoms with Gasteiger partial charge in [0.1, 0.15) is 5.54 Å². The molecule has 0 aromatic carbocycles. The van der Waals surface area contributed by atoms with Crippen molar-refractivity contribution in [1.29, 1.82) is 5.26 Å². The first-order valence-corrected chi connectivity index (χ1v) is 6.80. The van der Waals surface area contributed by atoms with Gasteiger partial charge in [-0.25, -0.2) is 0 Å². The molecule has 108 valence electrons. The Bertz CT molecular complexity index is 351. The van der Waals surface area contributed by atoms with Gasteiger partial charge in [-0.15, -0.1) is 0 Å². The summed E-state index contributed by atoms with van der Waals surface area (Å²) in [5.41, 5.74) is -0.647. The van der Waals surface area contributed by atoms with Crippen LogP contribution >= 0.6 is 0 Å². The number of nitriles is 1. The Kier molecular flexibility index (Phi) is 4.07. The molecule has 1 heterocycles. The minimum atomic E-state index is -4.07. The molecule has 0 spiro atoms. The lowest BCUT2D eigenvalue weighted by Gasteiger charge is -2.37. The largest absolute Gasteiger partial charge is 0.391 e. The summed E-state index contributed by atoms with van der Waals surface area (Å²) in [6, 6.07) is 2.68. The van der Waals surface area contributed by atoms with E-state index in [0.717, 1.165) is 12.8 Å². The standard InChI is InChI=1S/C13H20F3N3/c1-12(8-17,18-11-2-3-11)9-19-6-4-10(5-7-19)13(14,15)16/h10-11,18H,2-7,9H2,1H3. The summed E-state index contributed by atoms with van der Waals surface area (Å²) in [4.78, 5) is 1.97. The Morgan fingerprint density at radius 3 is 2.21 bits per heavy atom. The Hall–Kier alpha value is -0.800. The highest BCUT2D eigenvalue weighted by Crippen LogP contribution is 2.34. The van der Waals surface area contributed by atoms with Crippen LogP contribution in [0.2, 0.25) is 0 Å². The molecule has 1 saturated heterocycles. The van der Waals surface area contributed by atoms with Gasteiger partial charge in [0.05, 0.1) is 12.0 Å². The van der Waals surface area contributed by atoms with Crippen molar-refractivity contribution in [2.45, 2.75) is 50.4 Å². The van der Waals surface area contributed by atoms with Crippen LogP contribution in [0.4, 0.5) is 13.2 Å². The molecule has 1 N–H and O–H groups in total. The van der Waals surface area contributed by atoms with Crippen molar-refractivity contribution in [2.24, 2.45) is 5.92 Å². The fourth-order valence-electron chi connectivity index (χ4n) is 2.66. The van der Waals surface area contributed by atoms with E-state index in [2.05, 4.69) is 11.4 Å². The third-order valence-electron chi connectivity index (χ3n) is 3.94. The van der Waals surface area contributed by atoms with E-state index in [9.17, 15) is 18.4 Å². The van der Waals surface area contributed by atoms with Gasteiger partial charge in [-0.1, -0.05) is 0 Å². The number of piperidine rings is 1. The van der Waals surface area contributed by atoms with Crippen molar-refractivity contribution in [3.8, 4) is 6.07 Å². The number of nitrogens with zero attached hydrogens (tertiary/aromatic N) is 2. The van der Waals surface area contributed by atoms with Gasteiger partial charge in [0.2, 0.25) is 0 Å². The topological polar surface area (TPSA) is 39.1 Å². The number of nitrogens with one attached hydrogen (secondary N) is 1. The number of hydrogen-bond donors (Lipinski definition) is 1. The van der Waals surface area contributed by atoms with Crippen LogP contribution < -0.4 is 5.32 Å². The van der Waals surface area contributed by atoms with Gasteiger partial charge in [-0.2, -0.15) is 18.4 Å². The molecule has 2 rings (SSSR count). The molecular formula is C13H20F3N3. The zero-order chi connectivity index (χ0) is 14.1. The van der Waals surface area contributed by atoms with Crippen LogP contribution in [0.5, 0.6) is 0 Å². The molecular weight excluding hydrogens is 255 g/mol. The molecule has 1 saturated carbocycles. The highest BCUT2D eigenvalue weighted by molar-refractivity contribution is 5.09. The Morgan fingerprint density at radius 2 is 1.79 bits per heavy atom. The molecule has 2 fully saturated rings. The first-order chi connectivity index (χ1) is 8.82. The normalized spacial score (nSPS) is 25.8. The molecule has 0 aromatic heterocycles. The highest BCUT2D eigenvalue weighted by atomic mass is 19.4. The van der Waals surface area contributed by atoms with Crippen molar-refractivity contribution >= 4 is 0 Å². The van der Waals surface area contributed by atoms with Crippen molar-refractivity contribution < 1.29 is 13.2 Å². The third-order valence-corrected chi connectivity index (χ3v) is 3.94. The van der Waals surface area contributed by atoms with Gasteiger partial charge in [0.15, 0.2) is 0 Å². The zero-order valence-corrected chi connectivity index (χ0v) is 11.1. The van der Waals surface area contributed by atoms with Crippen LogP contribution in [0.25, 0.3) is 0 Å². The smallest absolute Gasteiger partial charge is 0.300 e. The predicted octanol–water partition coefficient (Wildman–Crippen LogP) is 2.29. The second kappa shape index (κ2) is 5.29. The van der Waals surface area contributed by atoms with E-state index in [1.54, 1.807) is 0 Å². The molecule has 6 heteroatoms. The fraction of sp³-hybridized carbons (Fsp3) is 0.923. The van der Waals surface area contributed by atoms with E-state index in [4.69, 9.17) is 0 Å². The molecule has 3 nitrogen and oxygen atoms in total. The summed E-state index contributed by atoms with van der Waals surface area (Å²) in [7, 11) is 0. The minimum absolute atomic E-state index is 0.147. The number of likely N-dealkylation sites (tertiary alicyclic amines) is 1. The average molecular weight is 275 g/mol. The molecule has 1 aliphatic carbocycles. The second-order valence-corrected chi connectivity index (χ2v) is 5.95. The van der Waals surface area contributed by atoms with Crippen LogP contribution in [0, 0.1) is 17.2 Å². The lowest BCUT2D eigenvalue weighted by atomic mass is 9.94. The quantitative estimate of drug-likeness (QED) is 0.855. The van der Waals surface area contributed by atoms with Gasteiger partial charge < -0.3 is 4.90 Å². The summed E-state index contributed by atoms with van der Waals surface area (Å²) >= 11 is 0. The van der Waals surface area contributed by atoms with E-state index < -0.39 is 17.6 Å². The van der Waals surface area contributed by atoms with Crippen molar-refractivity contribution in [2.75, 3.05) is 19.6 Å². The van der Waals surface area contributed by atoms with Crippen LogP contribution in [0.15, 0.2) is 0 Å². The minimum Gasteiger partial charge on any atom is -0.300 e. The summed E-state index contributed by atoms with van der Waals surface area (Å²) in [5, 5.41) is 12.5. The van der Waals surface area contributed by atoms with Crippen LogP contribution in [0.1, 0.15) is 32.6 Å². The monoisotopic (exact) mass is 275 g/mol. The molecule has 1 aliphatic heterocycles. The second-order valence-electron chi connectivity index (χ2n) is 5.95. The summed E-state index contributed by atoms with van der Waals surface area (Å²) in [6.07, 6.45) is -1.60. The molecule has 2 aliphatic rings. The highest BCUT2D eigenvalue weighted by Gasteiger charge is 2.42. The average Bonchev–Trinajstić information content (AvgIpc) is 3.12. The van der Waals surface area contributed by atoms with Crippen LogP contribution in [0.3, 0.4) is 0 Å². The van der Waals surface area contributed by atoms with E-state index in [0.29, 0.717) is 25.7 Å². The van der Waals surface area contributed by atoms with E-state index in [-0.39, 0.29) is 12.8 Å². The van der Waals surface area contributed by atoms with Gasteiger partial charge in [0, 0.05) is 12.6 Å². The van der Waals surface area contributed by atoms with Crippen LogP contribution in [-0.2, 0) is 0 Å². The van der Waals surface area contributed by atoms with Crippen molar-refractivity contribution in [3.05, 3.63) is 0 Å². The molecule has 0 bridgehead atoms. The number of hydrogen-bond acceptors (Lipinski definition) is 3. The van der Waals surface area contributed by atoms with Gasteiger partial charge in [-0.05, 0) is 45.7 Å². The van der Waals surface area contributed by atoms with Gasteiger partial charge in [0.25, 0.3) is 0 Å². The van der Waals surface area contributed by atoms with E-state index >= 15 is 0 Å². The summed E-state index contributed by atoms with van der Waals surface area (Å²) < 4.78 is 37.7. The zero-order valence-electron chi connectivity index (χ0n) is 11.1. The predicted molar refractivity (Wildman–Crippen MR) is 65.4 cm³/mol. The first-order valence-electron chi connectivity index (χ1n) is 6.80. The Labute approximate surface area is 111 Å². The van der Waals surface area contributed by atoms with Crippen molar-refractivity contribution in [1.82, 2.24) is 10.2 Å². The fourth-order valence-corrected chi connectivity index (χ4v) is 2.66. The maximum atomic E-state index is 12.6. The first kappa shape index (κ1) is 14.6. The lowest BCUT2D eigenvalue weighted by molar-refractivity contribution is -0.185. The maximum absolute atomic E-state index is 12.6. The molecule has 1 atom stereocenters. The molecule has 0 radical (unpaired) electrons. The number of alkyl halides is 3. The van der Waals surface area contributed by atoms with Gasteiger partial charge in [-0.3, -0.25) is 5.32 Å². The SMILES string of the molecule is CC(C#N)(CN1CCC(C(F)(F)F)CC1)NC1CC1. The van der Waals surface area contributed by atoms with Crippen LogP contribution in [-0.4, -0.2) is 42.3 Å². The molecule has 1 unspecified atom stereocenters.